The van der Waals surface area contributed by atoms with Crippen LogP contribution in [-0.4, -0.2) is 16.5 Å². The highest BCUT2D eigenvalue weighted by atomic mass is 32.2. The molecule has 0 saturated heterocycles. The van der Waals surface area contributed by atoms with Crippen LogP contribution < -0.4 is 0 Å². The molecule has 1 N–H and O–H groups in total. The van der Waals surface area contributed by atoms with Crippen LogP contribution in [0.4, 0.5) is 0 Å². The molecular weight excluding hydrogens is 140 g/mol. The first-order valence-corrected chi connectivity index (χ1v) is 3.15. The Morgan fingerprint density at radius 3 is 2.89 bits per heavy atom. The van der Waals surface area contributed by atoms with E-state index in [-0.39, 0.29) is 0 Å². The molecule has 0 radical (unpaired) electrons. The first-order chi connectivity index (χ1) is 4.16. The Hall–Kier alpha value is -0.480. The molecule has 0 aliphatic carbocycles. The van der Waals surface area contributed by atoms with E-state index >= 15 is 0 Å². The number of hydrogen-bond donors (Lipinski definition) is 1. The van der Waals surface area contributed by atoms with Gasteiger partial charge in [0, 0.05) is 6.08 Å². The highest BCUT2D eigenvalue weighted by molar-refractivity contribution is 7.95. The normalized spacial score (nSPS) is 12.2. The molecule has 1 unspecified atom stereocenters. The summed E-state index contributed by atoms with van der Waals surface area (Å²) in [5.74, 6) is -0.541. The van der Waals surface area contributed by atoms with Gasteiger partial charge in [0.1, 0.15) is 5.44 Å². The first-order valence-electron chi connectivity index (χ1n) is 2.34. The van der Waals surface area contributed by atoms with E-state index in [9.17, 15) is 4.79 Å². The highest BCUT2D eigenvalue weighted by Gasteiger charge is 2.00. The SMILES string of the molecule is C=CC(=O)OSC(C)O. The molecule has 0 aliphatic rings. The van der Waals surface area contributed by atoms with Gasteiger partial charge in [0.2, 0.25) is 0 Å². The van der Waals surface area contributed by atoms with Crippen LogP contribution in [0, 0.1) is 0 Å². The maximum absolute atomic E-state index is 10.2. The number of hydrogen-bond acceptors (Lipinski definition) is 4. The lowest BCUT2D eigenvalue weighted by molar-refractivity contribution is -0.127. The van der Waals surface area contributed by atoms with Crippen LogP contribution in [0.5, 0.6) is 0 Å². The Bertz CT molecular complexity index is 111. The van der Waals surface area contributed by atoms with E-state index in [1.165, 1.54) is 6.92 Å². The van der Waals surface area contributed by atoms with Crippen molar-refractivity contribution in [3.05, 3.63) is 12.7 Å². The predicted molar refractivity (Wildman–Crippen MR) is 35.6 cm³/mol. The molecule has 4 heteroatoms. The van der Waals surface area contributed by atoms with Crippen LogP contribution in [0.3, 0.4) is 0 Å². The summed E-state index contributed by atoms with van der Waals surface area (Å²) in [5.41, 5.74) is -0.686. The number of aliphatic hydroxyl groups is 1. The Balaban J connectivity index is 3.27. The Morgan fingerprint density at radius 1 is 2.00 bits per heavy atom. The quantitative estimate of drug-likeness (QED) is 0.363. The fraction of sp³-hybridized carbons (Fsp3) is 0.400. The van der Waals surface area contributed by atoms with Crippen molar-refractivity contribution in [1.82, 2.24) is 0 Å². The van der Waals surface area contributed by atoms with Crippen LogP contribution >= 0.6 is 12.0 Å². The summed E-state index contributed by atoms with van der Waals surface area (Å²) < 4.78 is 4.36. The third-order valence-corrected chi connectivity index (χ3v) is 0.975. The zero-order valence-corrected chi connectivity index (χ0v) is 5.85. The standard InChI is InChI=1S/C5H8O3S/c1-3-5(7)8-9-4(2)6/h3-4,6H,1H2,2H3. The summed E-state index contributed by atoms with van der Waals surface area (Å²) in [4.78, 5) is 10.2. The minimum absolute atomic E-state index is 0.541. The van der Waals surface area contributed by atoms with E-state index < -0.39 is 11.4 Å². The molecule has 0 amide bonds. The Labute approximate surface area is 57.9 Å². The molecular formula is C5H8O3S. The minimum atomic E-state index is -0.686. The van der Waals surface area contributed by atoms with Gasteiger partial charge in [0.25, 0.3) is 0 Å². The zero-order valence-electron chi connectivity index (χ0n) is 5.03. The molecule has 0 spiro atoms. The summed E-state index contributed by atoms with van der Waals surface area (Å²) in [6.07, 6.45) is 1.04. The van der Waals surface area contributed by atoms with Crippen molar-refractivity contribution in [2.24, 2.45) is 0 Å². The largest absolute Gasteiger partial charge is 0.385 e. The van der Waals surface area contributed by atoms with E-state index in [4.69, 9.17) is 5.11 Å². The summed E-state index contributed by atoms with van der Waals surface area (Å²) in [6.45, 7) is 4.67. The molecule has 1 atom stereocenters. The van der Waals surface area contributed by atoms with Gasteiger partial charge in [-0.3, -0.25) is 0 Å². The first kappa shape index (κ1) is 8.52. The van der Waals surface area contributed by atoms with Gasteiger partial charge in [-0.1, -0.05) is 6.58 Å². The van der Waals surface area contributed by atoms with Crippen molar-refractivity contribution in [3.63, 3.8) is 0 Å². The van der Waals surface area contributed by atoms with Crippen LogP contribution in [0.15, 0.2) is 12.7 Å². The second-order valence-electron chi connectivity index (χ2n) is 1.30. The zero-order chi connectivity index (χ0) is 7.28. The van der Waals surface area contributed by atoms with Gasteiger partial charge >= 0.3 is 5.97 Å². The van der Waals surface area contributed by atoms with E-state index in [0.717, 1.165) is 6.08 Å². The topological polar surface area (TPSA) is 46.5 Å². The fourth-order valence-electron chi connectivity index (χ4n) is 0.151. The van der Waals surface area contributed by atoms with Crippen molar-refractivity contribution in [2.45, 2.75) is 12.4 Å². The van der Waals surface area contributed by atoms with Crippen LogP contribution in [-0.2, 0) is 8.98 Å². The molecule has 0 bridgehead atoms. The average Bonchev–Trinajstić information content (AvgIpc) is 1.83. The lowest BCUT2D eigenvalue weighted by Gasteiger charge is -1.99. The molecule has 0 aromatic carbocycles. The second kappa shape index (κ2) is 4.40. The number of rotatable bonds is 3. The molecule has 52 valence electrons. The fourth-order valence-corrected chi connectivity index (χ4v) is 0.453. The number of carbonyl (C=O) groups excluding carboxylic acids is 1. The van der Waals surface area contributed by atoms with Gasteiger partial charge in [-0.05, 0) is 6.92 Å². The van der Waals surface area contributed by atoms with Crippen LogP contribution in [0.1, 0.15) is 6.92 Å². The molecule has 0 aliphatic heterocycles. The summed E-state index contributed by atoms with van der Waals surface area (Å²) >= 11 is 0.699. The summed E-state index contributed by atoms with van der Waals surface area (Å²) in [6, 6.07) is 0. The van der Waals surface area contributed by atoms with Gasteiger partial charge < -0.3 is 9.29 Å². The van der Waals surface area contributed by atoms with Crippen LogP contribution in [0.2, 0.25) is 0 Å². The van der Waals surface area contributed by atoms with E-state index in [0.29, 0.717) is 12.0 Å². The lowest BCUT2D eigenvalue weighted by atomic mass is 10.7. The van der Waals surface area contributed by atoms with E-state index in [1.807, 2.05) is 0 Å². The van der Waals surface area contributed by atoms with Crippen molar-refractivity contribution in [2.75, 3.05) is 0 Å². The monoisotopic (exact) mass is 148 g/mol. The van der Waals surface area contributed by atoms with Gasteiger partial charge in [-0.2, -0.15) is 0 Å². The number of aliphatic hydroxyl groups excluding tert-OH is 1. The maximum Gasteiger partial charge on any atom is 0.342 e. The maximum atomic E-state index is 10.2. The third-order valence-electron chi connectivity index (χ3n) is 0.436. The molecule has 0 aromatic rings. The molecule has 0 rings (SSSR count). The lowest BCUT2D eigenvalue weighted by Crippen LogP contribution is -1.98. The summed E-state index contributed by atoms with van der Waals surface area (Å²) in [7, 11) is 0. The van der Waals surface area contributed by atoms with E-state index in [2.05, 4.69) is 10.8 Å². The van der Waals surface area contributed by atoms with Crippen molar-refractivity contribution in [3.8, 4) is 0 Å². The smallest absolute Gasteiger partial charge is 0.342 e. The molecule has 3 nitrogen and oxygen atoms in total. The van der Waals surface area contributed by atoms with Gasteiger partial charge in [0.05, 0.1) is 12.0 Å². The average molecular weight is 148 g/mol. The molecule has 0 heterocycles. The predicted octanol–water partition coefficient (Wildman–Crippen LogP) is 0.702. The molecule has 9 heavy (non-hydrogen) atoms. The Kier molecular flexibility index (Phi) is 4.17. The van der Waals surface area contributed by atoms with Gasteiger partial charge in [-0.15, -0.1) is 0 Å². The third kappa shape index (κ3) is 5.39. The number of carbonyl (C=O) groups is 1. The molecule has 0 fully saturated rings. The summed E-state index contributed by atoms with van der Waals surface area (Å²) in [5, 5.41) is 8.55. The minimum Gasteiger partial charge on any atom is -0.385 e. The van der Waals surface area contributed by atoms with Crippen LogP contribution in [0.25, 0.3) is 0 Å². The molecule has 0 aromatic heterocycles. The van der Waals surface area contributed by atoms with Crippen molar-refractivity contribution in [1.29, 1.82) is 0 Å². The van der Waals surface area contributed by atoms with Gasteiger partial charge in [0.15, 0.2) is 0 Å². The van der Waals surface area contributed by atoms with E-state index in [1.54, 1.807) is 0 Å². The molecule has 0 saturated carbocycles. The Morgan fingerprint density at radius 2 is 2.56 bits per heavy atom. The highest BCUT2D eigenvalue weighted by Crippen LogP contribution is 2.08. The van der Waals surface area contributed by atoms with Crippen molar-refractivity contribution < 1.29 is 14.1 Å². The second-order valence-corrected chi connectivity index (χ2v) is 2.34. The van der Waals surface area contributed by atoms with Crippen molar-refractivity contribution >= 4 is 18.0 Å². The van der Waals surface area contributed by atoms with Gasteiger partial charge in [-0.25, -0.2) is 4.79 Å².